The van der Waals surface area contributed by atoms with Gasteiger partial charge in [-0.05, 0) is 47.9 Å². The Bertz CT molecular complexity index is 1090. The molecule has 3 aromatic rings. The number of hydrogen-bond acceptors (Lipinski definition) is 6. The van der Waals surface area contributed by atoms with Crippen molar-refractivity contribution in [3.8, 4) is 5.69 Å². The number of nitrogens with zero attached hydrogens (tertiary/aromatic N) is 5. The molecule has 1 aliphatic carbocycles. The topological polar surface area (TPSA) is 81.0 Å². The summed E-state index contributed by atoms with van der Waals surface area (Å²) in [6.07, 6.45) is 2.67. The van der Waals surface area contributed by atoms with Crippen LogP contribution in [0.3, 0.4) is 0 Å². The van der Waals surface area contributed by atoms with Gasteiger partial charge in [-0.25, -0.2) is 0 Å². The van der Waals surface area contributed by atoms with Crippen molar-refractivity contribution in [3.05, 3.63) is 65.2 Å². The van der Waals surface area contributed by atoms with Crippen LogP contribution < -0.4 is 0 Å². The quantitative estimate of drug-likeness (QED) is 0.524. The molecule has 1 atom stereocenters. The third-order valence-electron chi connectivity index (χ3n) is 5.69. The highest BCUT2D eigenvalue weighted by atomic mass is 35.5. The van der Waals surface area contributed by atoms with Gasteiger partial charge in [-0.15, -0.1) is 5.10 Å². The summed E-state index contributed by atoms with van der Waals surface area (Å²) in [5.74, 6) is -0.0481. The van der Waals surface area contributed by atoms with Gasteiger partial charge in [0.2, 0.25) is 11.1 Å². The molecule has 0 saturated heterocycles. The molecule has 0 bridgehead atoms. The smallest absolute Gasteiger partial charge is 0.233 e. The molecule has 1 aromatic heterocycles. The van der Waals surface area contributed by atoms with Crippen LogP contribution in [0.5, 0.6) is 0 Å². The van der Waals surface area contributed by atoms with Crippen molar-refractivity contribution in [3.63, 3.8) is 0 Å². The Labute approximate surface area is 189 Å². The molecule has 160 valence electrons. The van der Waals surface area contributed by atoms with Crippen molar-refractivity contribution in [1.82, 2.24) is 25.1 Å². The maximum atomic E-state index is 13.3. The van der Waals surface area contributed by atoms with E-state index in [1.807, 2.05) is 48.5 Å². The highest BCUT2D eigenvalue weighted by molar-refractivity contribution is 7.99. The lowest BCUT2D eigenvalue weighted by Crippen LogP contribution is -2.54. The average molecular weight is 456 g/mol. The Balaban J connectivity index is 1.58. The number of likely N-dealkylation sites (N-methyl/N-ethyl adjacent to an activating group) is 1. The number of halogens is 1. The van der Waals surface area contributed by atoms with Crippen molar-refractivity contribution in [1.29, 1.82) is 0 Å². The Hall–Kier alpha value is -2.71. The monoisotopic (exact) mass is 455 g/mol. The average Bonchev–Trinajstić information content (AvgIpc) is 3.27. The molecule has 0 aliphatic heterocycles. The van der Waals surface area contributed by atoms with Crippen molar-refractivity contribution < 1.29 is 9.59 Å². The van der Waals surface area contributed by atoms with Gasteiger partial charge in [0.1, 0.15) is 5.54 Å². The lowest BCUT2D eigenvalue weighted by Gasteiger charge is -2.44. The largest absolute Gasteiger partial charge is 0.328 e. The minimum atomic E-state index is -1.04. The van der Waals surface area contributed by atoms with Crippen molar-refractivity contribution >= 4 is 35.1 Å². The first-order chi connectivity index (χ1) is 15.0. The first-order valence-electron chi connectivity index (χ1n) is 10.1. The molecular formula is C22H22ClN5O2S. The van der Waals surface area contributed by atoms with E-state index < -0.39 is 5.54 Å². The molecule has 31 heavy (non-hydrogen) atoms. The second kappa shape index (κ2) is 9.20. The summed E-state index contributed by atoms with van der Waals surface area (Å²) in [6.45, 7) is 0. The van der Waals surface area contributed by atoms with Gasteiger partial charge in [-0.1, -0.05) is 59.8 Å². The summed E-state index contributed by atoms with van der Waals surface area (Å²) < 4.78 is 1.59. The molecule has 1 unspecified atom stereocenters. The van der Waals surface area contributed by atoms with Crippen molar-refractivity contribution in [2.24, 2.45) is 0 Å². The van der Waals surface area contributed by atoms with E-state index in [1.165, 1.54) is 11.8 Å². The first-order valence-corrected chi connectivity index (χ1v) is 11.4. The summed E-state index contributed by atoms with van der Waals surface area (Å²) in [5, 5.41) is 12.8. The lowest BCUT2D eigenvalue weighted by atomic mass is 9.74. The van der Waals surface area contributed by atoms with Crippen LogP contribution in [0.25, 0.3) is 5.69 Å². The zero-order chi connectivity index (χ0) is 21.8. The van der Waals surface area contributed by atoms with E-state index in [1.54, 1.807) is 22.7 Å². The molecule has 1 fully saturated rings. The Morgan fingerprint density at radius 3 is 2.65 bits per heavy atom. The molecular weight excluding hydrogens is 434 g/mol. The van der Waals surface area contributed by atoms with Crippen molar-refractivity contribution in [2.75, 3.05) is 12.8 Å². The summed E-state index contributed by atoms with van der Waals surface area (Å²) in [5.41, 5.74) is 0.460. The van der Waals surface area contributed by atoms with Gasteiger partial charge < -0.3 is 4.90 Å². The van der Waals surface area contributed by atoms with E-state index in [9.17, 15) is 9.59 Å². The molecule has 0 radical (unpaired) electrons. The third kappa shape index (κ3) is 4.09. The molecule has 7 nitrogen and oxygen atoms in total. The second-order valence-electron chi connectivity index (χ2n) is 7.42. The van der Waals surface area contributed by atoms with Gasteiger partial charge in [-0.2, -0.15) is 4.68 Å². The predicted molar refractivity (Wildman–Crippen MR) is 119 cm³/mol. The Kier molecular flexibility index (Phi) is 6.38. The zero-order valence-corrected chi connectivity index (χ0v) is 18.6. The minimum absolute atomic E-state index is 0.0295. The van der Waals surface area contributed by atoms with E-state index >= 15 is 0 Å². The summed E-state index contributed by atoms with van der Waals surface area (Å²) >= 11 is 7.72. The van der Waals surface area contributed by atoms with Crippen LogP contribution in [0.15, 0.2) is 59.8 Å². The molecule has 1 heterocycles. The molecule has 0 spiro atoms. The van der Waals surface area contributed by atoms with Gasteiger partial charge in [0.25, 0.3) is 0 Å². The summed E-state index contributed by atoms with van der Waals surface area (Å²) in [4.78, 5) is 28.0. The van der Waals surface area contributed by atoms with Crippen LogP contribution in [0, 0.1) is 0 Å². The molecule has 1 amide bonds. The number of amides is 1. The Morgan fingerprint density at radius 2 is 1.90 bits per heavy atom. The zero-order valence-electron chi connectivity index (χ0n) is 17.1. The lowest BCUT2D eigenvalue weighted by molar-refractivity contribution is -0.146. The van der Waals surface area contributed by atoms with Gasteiger partial charge in [0.15, 0.2) is 5.78 Å². The molecule has 0 N–H and O–H groups in total. The summed E-state index contributed by atoms with van der Waals surface area (Å²) in [7, 11) is 1.69. The van der Waals surface area contributed by atoms with Gasteiger partial charge >= 0.3 is 0 Å². The fraction of sp³-hybridized carbons (Fsp3) is 0.318. The fourth-order valence-corrected chi connectivity index (χ4v) is 5.16. The van der Waals surface area contributed by atoms with E-state index in [4.69, 9.17) is 11.6 Å². The number of carbonyl (C=O) groups is 2. The number of carbonyl (C=O) groups excluding carboxylic acids is 2. The maximum absolute atomic E-state index is 13.3. The van der Waals surface area contributed by atoms with E-state index in [0.717, 1.165) is 18.5 Å². The Morgan fingerprint density at radius 1 is 1.16 bits per heavy atom. The van der Waals surface area contributed by atoms with Gasteiger partial charge in [0.05, 0.1) is 11.4 Å². The molecule has 1 aliphatic rings. The van der Waals surface area contributed by atoms with Gasteiger partial charge in [0, 0.05) is 24.1 Å². The number of ketones is 1. The number of aromatic nitrogens is 4. The number of rotatable bonds is 6. The van der Waals surface area contributed by atoms with Crippen LogP contribution in [0.1, 0.15) is 31.2 Å². The van der Waals surface area contributed by atoms with Gasteiger partial charge in [-0.3, -0.25) is 9.59 Å². The van der Waals surface area contributed by atoms with Crippen LogP contribution in [0.2, 0.25) is 5.02 Å². The van der Waals surface area contributed by atoms with Crippen LogP contribution in [-0.4, -0.2) is 49.6 Å². The van der Waals surface area contributed by atoms with E-state index in [2.05, 4.69) is 15.5 Å². The number of hydrogen-bond donors (Lipinski definition) is 0. The van der Waals surface area contributed by atoms with E-state index in [-0.39, 0.29) is 17.4 Å². The third-order valence-corrected chi connectivity index (χ3v) is 6.92. The van der Waals surface area contributed by atoms with Crippen LogP contribution >= 0.6 is 23.4 Å². The normalized spacial score (nSPS) is 18.7. The predicted octanol–water partition coefficient (Wildman–Crippen LogP) is 3.90. The highest BCUT2D eigenvalue weighted by Crippen LogP contribution is 2.42. The highest BCUT2D eigenvalue weighted by Gasteiger charge is 2.47. The van der Waals surface area contributed by atoms with Crippen LogP contribution in [0.4, 0.5) is 0 Å². The number of thioether (sulfide) groups is 1. The number of tetrazole rings is 1. The minimum Gasteiger partial charge on any atom is -0.328 e. The second-order valence-corrected chi connectivity index (χ2v) is 8.77. The van der Waals surface area contributed by atoms with E-state index in [0.29, 0.717) is 28.6 Å². The number of Topliss-reactive ketones (excluding diaryl/α,β-unsaturated/α-hetero) is 1. The number of benzene rings is 2. The maximum Gasteiger partial charge on any atom is 0.233 e. The molecule has 9 heteroatoms. The number of para-hydroxylation sites is 1. The van der Waals surface area contributed by atoms with Crippen LogP contribution in [-0.2, 0) is 15.1 Å². The first kappa shape index (κ1) is 21.5. The molecule has 1 saturated carbocycles. The molecule has 2 aromatic carbocycles. The van der Waals surface area contributed by atoms with Crippen molar-refractivity contribution in [2.45, 2.75) is 36.4 Å². The standard InChI is InChI=1S/C22H22ClN5O2S/c1-27(22(14-8-7-13-19(22)29)17-11-5-6-12-18(17)23)20(30)15-31-21-24-25-26-28(21)16-9-3-2-4-10-16/h2-6,9-12H,7-8,13-15H2,1H3. The molecule has 4 rings (SSSR count). The fourth-order valence-electron chi connectivity index (χ4n) is 4.07. The SMILES string of the molecule is CN(C(=O)CSc1nnnn1-c1ccccc1)C1(c2ccccc2Cl)CCCCC1=O. The summed E-state index contributed by atoms with van der Waals surface area (Å²) in [6, 6.07) is 16.8.